The third-order valence-electron chi connectivity index (χ3n) is 11.6. The first kappa shape index (κ1) is 37.4. The van der Waals surface area contributed by atoms with Gasteiger partial charge < -0.3 is 0 Å². The highest BCUT2D eigenvalue weighted by Crippen LogP contribution is 2.40. The van der Waals surface area contributed by atoms with E-state index < -0.39 is 0 Å². The van der Waals surface area contributed by atoms with Gasteiger partial charge >= 0.3 is 0 Å². The summed E-state index contributed by atoms with van der Waals surface area (Å²) in [5, 5.41) is 17.2. The van der Waals surface area contributed by atoms with E-state index >= 15 is 0 Å². The van der Waals surface area contributed by atoms with Gasteiger partial charge in [-0.3, -0.25) is 30.8 Å². The highest BCUT2D eigenvalue weighted by Gasteiger charge is 2.26. The van der Waals surface area contributed by atoms with E-state index in [2.05, 4.69) is 147 Å². The van der Waals surface area contributed by atoms with Crippen LogP contribution in [-0.2, 0) is 0 Å². The number of fused-ring (bicyclic) bond motifs is 1. The molecule has 3 aromatic heterocycles. The zero-order valence-electron chi connectivity index (χ0n) is 33.4. The van der Waals surface area contributed by atoms with Crippen molar-refractivity contribution in [3.05, 3.63) is 222 Å². The summed E-state index contributed by atoms with van der Waals surface area (Å²) in [7, 11) is 0. The van der Waals surface area contributed by atoms with Crippen molar-refractivity contribution in [2.75, 3.05) is 12.0 Å². The monoisotopic (exact) mass is 787 g/mol. The van der Waals surface area contributed by atoms with Crippen molar-refractivity contribution >= 4 is 50.8 Å². The van der Waals surface area contributed by atoms with Gasteiger partial charge in [0.25, 0.3) is 0 Å². The van der Waals surface area contributed by atoms with Crippen LogP contribution in [0.2, 0.25) is 0 Å². The third-order valence-corrected chi connectivity index (χ3v) is 11.6. The molecule has 0 fully saturated rings. The van der Waals surface area contributed by atoms with Crippen LogP contribution < -0.4 is 5.43 Å². The molecule has 0 bridgehead atoms. The predicted molar refractivity (Wildman–Crippen MR) is 252 cm³/mol. The number of benzene rings is 4. The van der Waals surface area contributed by atoms with Crippen LogP contribution in [0.15, 0.2) is 210 Å². The second-order valence-corrected chi connectivity index (χ2v) is 15.4. The van der Waals surface area contributed by atoms with Crippen LogP contribution in [0.3, 0.4) is 0 Å². The molecule has 0 saturated heterocycles. The Hall–Kier alpha value is -7.90. The van der Waals surface area contributed by atoms with Gasteiger partial charge in [-0.15, -0.1) is 0 Å². The molecule has 292 valence electrons. The van der Waals surface area contributed by atoms with E-state index in [-0.39, 0.29) is 5.92 Å². The quantitative estimate of drug-likeness (QED) is 0.112. The number of aromatic nitrogens is 3. The summed E-state index contributed by atoms with van der Waals surface area (Å²) in [4.78, 5) is 17.4. The van der Waals surface area contributed by atoms with Crippen LogP contribution in [0.1, 0.15) is 41.0 Å². The zero-order valence-corrected chi connectivity index (χ0v) is 33.4. The topological polar surface area (TPSA) is 99.3 Å². The minimum absolute atomic E-state index is 0.0760. The number of dihydropyridines is 1. The Bertz CT molecular complexity index is 3030. The molecule has 7 aromatic rings. The Balaban J connectivity index is 1.10. The van der Waals surface area contributed by atoms with E-state index in [1.165, 1.54) is 27.5 Å². The zero-order chi connectivity index (χ0) is 41.0. The van der Waals surface area contributed by atoms with E-state index in [9.17, 15) is 5.41 Å². The molecule has 0 spiro atoms. The van der Waals surface area contributed by atoms with E-state index in [4.69, 9.17) is 5.10 Å². The largest absolute Gasteiger partial charge is 0.298 e. The number of aliphatic imine (C=N–C) groups is 1. The lowest BCUT2D eigenvalue weighted by Gasteiger charge is -2.26. The van der Waals surface area contributed by atoms with Crippen molar-refractivity contribution in [2.24, 2.45) is 10.1 Å². The lowest BCUT2D eigenvalue weighted by atomic mass is 9.78. The maximum absolute atomic E-state index is 9.83. The molecule has 10 rings (SSSR count). The first-order valence-corrected chi connectivity index (χ1v) is 20.6. The van der Waals surface area contributed by atoms with Crippen molar-refractivity contribution in [1.29, 1.82) is 5.41 Å². The Morgan fingerprint density at radius 2 is 1.28 bits per heavy atom. The average molecular weight is 788 g/mol. The normalized spacial score (nSPS) is 17.0. The van der Waals surface area contributed by atoms with Gasteiger partial charge in [0.1, 0.15) is 5.71 Å². The molecule has 4 heterocycles. The summed E-state index contributed by atoms with van der Waals surface area (Å²) >= 11 is 0. The van der Waals surface area contributed by atoms with Crippen LogP contribution in [0, 0.1) is 5.41 Å². The highest BCUT2D eigenvalue weighted by molar-refractivity contribution is 6.54. The third kappa shape index (κ3) is 8.10. The molecule has 0 radical (unpaired) electrons. The predicted octanol–water partition coefficient (Wildman–Crippen LogP) is 12.2. The standard InChI is InChI=1S/C54H41N7/c55-54-52(50-31-46(39-14-22-58-23-15-39)28-47(32-50)40-16-24-59-25-17-40)34-49(48-29-44(37-10-18-56-19-11-37)27-45(30-48)38-12-20-57-21-13-38)35-53(54)61-60-51-7-3-6-42(33-51)43-9-8-36-4-1-2-5-41(36)26-43/h1-12,14-20,22-27,29-35,46,55,60H,13,21,28H2/b55-54?,61-53-. The number of anilines is 1. The number of allylic oxidation sites excluding steroid dienone is 9. The SMILES string of the molecule is N=C1C(C2=CC(c3ccncc3)CC(c3ccncc3)=C2)=CC(c2cc(C3=CC=NCC3)cc(-c3ccncc3)c2)=C/C1=N/Nc1cccc(-c2ccc3ccccc3c2)c1. The van der Waals surface area contributed by atoms with Crippen molar-refractivity contribution in [3.8, 4) is 22.3 Å². The lowest BCUT2D eigenvalue weighted by Crippen LogP contribution is -2.21. The number of nitrogens with zero attached hydrogens (tertiary/aromatic N) is 5. The molecule has 2 aliphatic carbocycles. The first-order chi connectivity index (χ1) is 30.1. The number of rotatable bonds is 9. The van der Waals surface area contributed by atoms with Crippen LogP contribution in [0.5, 0.6) is 0 Å². The fraction of sp³-hybridized carbons (Fsp3) is 0.0741. The Labute approximate surface area is 355 Å². The maximum atomic E-state index is 9.83. The Morgan fingerprint density at radius 3 is 2.07 bits per heavy atom. The molecule has 1 aliphatic heterocycles. The summed E-state index contributed by atoms with van der Waals surface area (Å²) in [5.41, 5.74) is 19.0. The average Bonchev–Trinajstić information content (AvgIpc) is 3.34. The number of hydrogen-bond donors (Lipinski definition) is 2. The first-order valence-electron chi connectivity index (χ1n) is 20.6. The molecule has 1 unspecified atom stereocenters. The van der Waals surface area contributed by atoms with Gasteiger partial charge in [0.2, 0.25) is 0 Å². The van der Waals surface area contributed by atoms with Gasteiger partial charge in [-0.05, 0) is 181 Å². The number of hydrazone groups is 1. The van der Waals surface area contributed by atoms with Gasteiger partial charge in [0.05, 0.1) is 11.4 Å². The lowest BCUT2D eigenvalue weighted by molar-refractivity contribution is 0.857. The Morgan fingerprint density at radius 1 is 0.557 bits per heavy atom. The van der Waals surface area contributed by atoms with E-state index in [1.807, 2.05) is 73.7 Å². The molecule has 7 heteroatoms. The Kier molecular flexibility index (Phi) is 10.3. The number of hydrogen-bond acceptors (Lipinski definition) is 7. The van der Waals surface area contributed by atoms with Crippen molar-refractivity contribution in [2.45, 2.75) is 18.8 Å². The van der Waals surface area contributed by atoms with Gasteiger partial charge in [-0.25, -0.2) is 0 Å². The van der Waals surface area contributed by atoms with E-state index in [0.29, 0.717) is 11.4 Å². The molecular formula is C54H41N7. The summed E-state index contributed by atoms with van der Waals surface area (Å²) < 4.78 is 0. The molecule has 3 aliphatic rings. The maximum Gasteiger partial charge on any atom is 0.109 e. The highest BCUT2D eigenvalue weighted by atomic mass is 15.3. The fourth-order valence-corrected chi connectivity index (χ4v) is 8.35. The van der Waals surface area contributed by atoms with Gasteiger partial charge in [0.15, 0.2) is 0 Å². The number of pyridine rings is 3. The summed E-state index contributed by atoms with van der Waals surface area (Å²) in [5.74, 6) is 0.0760. The van der Waals surface area contributed by atoms with Crippen molar-refractivity contribution < 1.29 is 0 Å². The molecule has 0 saturated carbocycles. The van der Waals surface area contributed by atoms with Crippen molar-refractivity contribution in [3.63, 3.8) is 0 Å². The summed E-state index contributed by atoms with van der Waals surface area (Å²) in [6.45, 7) is 0.758. The van der Waals surface area contributed by atoms with Crippen LogP contribution in [0.4, 0.5) is 5.69 Å². The number of nitrogens with one attached hydrogen (secondary N) is 2. The minimum atomic E-state index is 0.0760. The van der Waals surface area contributed by atoms with Gasteiger partial charge in [0, 0.05) is 61.4 Å². The van der Waals surface area contributed by atoms with Gasteiger partial charge in [-0.1, -0.05) is 60.7 Å². The molecule has 4 aromatic carbocycles. The van der Waals surface area contributed by atoms with Crippen LogP contribution in [-0.4, -0.2) is 39.1 Å². The van der Waals surface area contributed by atoms with Crippen molar-refractivity contribution in [1.82, 2.24) is 15.0 Å². The molecular weight excluding hydrogens is 747 g/mol. The minimum Gasteiger partial charge on any atom is -0.298 e. The van der Waals surface area contributed by atoms with Gasteiger partial charge in [-0.2, -0.15) is 5.10 Å². The van der Waals surface area contributed by atoms with E-state index in [0.717, 1.165) is 80.7 Å². The second-order valence-electron chi connectivity index (χ2n) is 15.4. The fourth-order valence-electron chi connectivity index (χ4n) is 8.35. The van der Waals surface area contributed by atoms with Crippen LogP contribution in [0.25, 0.3) is 49.7 Å². The molecule has 61 heavy (non-hydrogen) atoms. The summed E-state index contributed by atoms with van der Waals surface area (Å²) in [6, 6.07) is 42.4. The van der Waals surface area contributed by atoms with E-state index in [1.54, 1.807) is 0 Å². The second kappa shape index (κ2) is 16.8. The molecule has 1 atom stereocenters. The van der Waals surface area contributed by atoms with Crippen LogP contribution >= 0.6 is 0 Å². The smallest absolute Gasteiger partial charge is 0.109 e. The molecule has 7 nitrogen and oxygen atoms in total. The molecule has 0 amide bonds. The summed E-state index contributed by atoms with van der Waals surface area (Å²) in [6.07, 6.45) is 25.5. The molecule has 2 N–H and O–H groups in total.